The van der Waals surface area contributed by atoms with E-state index in [1.54, 1.807) is 24.3 Å². The van der Waals surface area contributed by atoms with Crippen LogP contribution in [0.4, 0.5) is 0 Å². The summed E-state index contributed by atoms with van der Waals surface area (Å²) in [6.07, 6.45) is 1.33. The molecule has 0 aliphatic heterocycles. The van der Waals surface area contributed by atoms with E-state index in [1.807, 2.05) is 13.0 Å². The summed E-state index contributed by atoms with van der Waals surface area (Å²) in [5.41, 5.74) is 3.63. The number of amides is 1. The zero-order valence-electron chi connectivity index (χ0n) is 16.7. The number of hydrazone groups is 1. The van der Waals surface area contributed by atoms with Gasteiger partial charge in [0.05, 0.1) is 17.5 Å². The minimum Gasteiger partial charge on any atom is -0.478 e. The number of hydrogen-bond acceptors (Lipinski definition) is 6. The molecule has 0 bridgehead atoms. The van der Waals surface area contributed by atoms with Crippen molar-refractivity contribution in [3.05, 3.63) is 92.4 Å². The zero-order chi connectivity index (χ0) is 22.5. The van der Waals surface area contributed by atoms with Crippen molar-refractivity contribution in [2.75, 3.05) is 0 Å². The third kappa shape index (κ3) is 4.54. The SMILES string of the molecule is Cc1ccc(-n2nc(C(=O)N/N=C/c3ccc(C(=O)O)cc3)c(C)c(C#N)c2=O)cc1. The minimum atomic E-state index is -1.05. The van der Waals surface area contributed by atoms with Gasteiger partial charge in [-0.3, -0.25) is 9.59 Å². The molecular formula is C22H17N5O4. The second kappa shape index (κ2) is 8.84. The van der Waals surface area contributed by atoms with Gasteiger partial charge in [-0.05, 0) is 43.7 Å². The first kappa shape index (κ1) is 21.1. The molecule has 3 aromatic rings. The third-order valence-corrected chi connectivity index (χ3v) is 4.48. The van der Waals surface area contributed by atoms with Crippen molar-refractivity contribution in [1.82, 2.24) is 15.2 Å². The highest BCUT2D eigenvalue weighted by atomic mass is 16.4. The number of carboxylic acid groups (broad SMARTS) is 1. The van der Waals surface area contributed by atoms with Gasteiger partial charge in [0.15, 0.2) is 5.69 Å². The first-order valence-electron chi connectivity index (χ1n) is 9.09. The predicted octanol–water partition coefficient (Wildman–Crippen LogP) is 2.18. The quantitative estimate of drug-likeness (QED) is 0.484. The van der Waals surface area contributed by atoms with E-state index < -0.39 is 17.4 Å². The summed E-state index contributed by atoms with van der Waals surface area (Å²) in [5, 5.41) is 26.3. The maximum absolute atomic E-state index is 12.6. The highest BCUT2D eigenvalue weighted by molar-refractivity contribution is 5.95. The Kier molecular flexibility index (Phi) is 6.02. The lowest BCUT2D eigenvalue weighted by Gasteiger charge is -2.10. The van der Waals surface area contributed by atoms with Crippen LogP contribution in [0.3, 0.4) is 0 Å². The predicted molar refractivity (Wildman–Crippen MR) is 112 cm³/mol. The lowest BCUT2D eigenvalue weighted by molar-refractivity contribution is 0.0696. The van der Waals surface area contributed by atoms with Crippen LogP contribution in [-0.2, 0) is 0 Å². The molecule has 1 aromatic heterocycles. The van der Waals surface area contributed by atoms with E-state index in [2.05, 4.69) is 15.6 Å². The maximum Gasteiger partial charge on any atom is 0.335 e. The normalized spacial score (nSPS) is 10.6. The van der Waals surface area contributed by atoms with Crippen molar-refractivity contribution >= 4 is 18.1 Å². The number of aromatic carboxylic acids is 1. The molecule has 2 aromatic carbocycles. The molecule has 0 spiro atoms. The van der Waals surface area contributed by atoms with Crippen LogP contribution in [0.25, 0.3) is 5.69 Å². The minimum absolute atomic E-state index is 0.116. The number of nitrogens with zero attached hydrogens (tertiary/aromatic N) is 4. The van der Waals surface area contributed by atoms with Gasteiger partial charge in [-0.15, -0.1) is 0 Å². The van der Waals surface area contributed by atoms with Crippen LogP contribution in [-0.4, -0.2) is 33.0 Å². The van der Waals surface area contributed by atoms with Gasteiger partial charge in [-0.2, -0.15) is 20.1 Å². The molecule has 0 atom stereocenters. The molecule has 3 rings (SSSR count). The summed E-state index contributed by atoms with van der Waals surface area (Å²) in [4.78, 5) is 36.1. The lowest BCUT2D eigenvalue weighted by atomic mass is 10.1. The number of rotatable bonds is 5. The first-order chi connectivity index (χ1) is 14.8. The zero-order valence-corrected chi connectivity index (χ0v) is 16.7. The summed E-state index contributed by atoms with van der Waals surface area (Å²) < 4.78 is 1.01. The molecule has 0 aliphatic carbocycles. The Balaban J connectivity index is 1.90. The van der Waals surface area contributed by atoms with E-state index in [-0.39, 0.29) is 22.4 Å². The number of aryl methyl sites for hydroxylation is 1. The van der Waals surface area contributed by atoms with Crippen molar-refractivity contribution in [3.8, 4) is 11.8 Å². The molecule has 0 aliphatic rings. The Morgan fingerprint density at radius 3 is 2.35 bits per heavy atom. The van der Waals surface area contributed by atoms with Gasteiger partial charge in [-0.1, -0.05) is 29.8 Å². The fourth-order valence-electron chi connectivity index (χ4n) is 2.74. The Morgan fingerprint density at radius 2 is 1.77 bits per heavy atom. The summed E-state index contributed by atoms with van der Waals surface area (Å²) in [5.74, 6) is -1.75. The van der Waals surface area contributed by atoms with Crippen LogP contribution in [0.15, 0.2) is 58.4 Å². The van der Waals surface area contributed by atoms with Crippen molar-refractivity contribution in [3.63, 3.8) is 0 Å². The molecule has 0 saturated carbocycles. The number of aromatic nitrogens is 2. The third-order valence-electron chi connectivity index (χ3n) is 4.48. The molecule has 0 fully saturated rings. The van der Waals surface area contributed by atoms with Gasteiger partial charge in [0.2, 0.25) is 0 Å². The molecule has 0 radical (unpaired) electrons. The molecule has 2 N–H and O–H groups in total. The molecule has 0 saturated heterocycles. The maximum atomic E-state index is 12.6. The molecule has 9 nitrogen and oxygen atoms in total. The summed E-state index contributed by atoms with van der Waals surface area (Å²) in [7, 11) is 0. The van der Waals surface area contributed by atoms with Gasteiger partial charge < -0.3 is 5.11 Å². The van der Waals surface area contributed by atoms with Crippen LogP contribution >= 0.6 is 0 Å². The van der Waals surface area contributed by atoms with E-state index in [1.165, 1.54) is 37.4 Å². The highest BCUT2D eigenvalue weighted by Gasteiger charge is 2.20. The van der Waals surface area contributed by atoms with Crippen LogP contribution in [0.5, 0.6) is 0 Å². The van der Waals surface area contributed by atoms with Crippen molar-refractivity contribution < 1.29 is 14.7 Å². The second-order valence-corrected chi connectivity index (χ2v) is 6.64. The Hall–Kier alpha value is -4.58. The molecule has 0 unspecified atom stereocenters. The van der Waals surface area contributed by atoms with Crippen molar-refractivity contribution in [2.45, 2.75) is 13.8 Å². The molecular weight excluding hydrogens is 398 g/mol. The number of carbonyl (C=O) groups is 2. The molecule has 31 heavy (non-hydrogen) atoms. The van der Waals surface area contributed by atoms with Crippen molar-refractivity contribution in [2.24, 2.45) is 5.10 Å². The Bertz CT molecular complexity index is 1280. The van der Waals surface area contributed by atoms with E-state index >= 15 is 0 Å². The fourth-order valence-corrected chi connectivity index (χ4v) is 2.74. The van der Waals surface area contributed by atoms with Crippen molar-refractivity contribution in [1.29, 1.82) is 5.26 Å². The number of benzene rings is 2. The first-order valence-corrected chi connectivity index (χ1v) is 9.09. The summed E-state index contributed by atoms with van der Waals surface area (Å²) in [6.45, 7) is 3.36. The van der Waals surface area contributed by atoms with Crippen LogP contribution in [0.2, 0.25) is 0 Å². The second-order valence-electron chi connectivity index (χ2n) is 6.64. The van der Waals surface area contributed by atoms with Gasteiger partial charge in [-0.25, -0.2) is 10.2 Å². The molecule has 1 heterocycles. The standard InChI is InChI=1S/C22H17N5O4/c1-13-3-9-17(10-4-13)27-21(29)18(11-23)14(2)19(26-27)20(28)25-24-12-15-5-7-16(8-6-15)22(30)31/h3-10,12H,1-2H3,(H,25,28)(H,30,31)/b24-12+. The number of nitrogens with one attached hydrogen (secondary N) is 1. The molecule has 1 amide bonds. The lowest BCUT2D eigenvalue weighted by Crippen LogP contribution is -2.31. The number of carboxylic acids is 1. The largest absolute Gasteiger partial charge is 0.478 e. The van der Waals surface area contributed by atoms with E-state index in [0.717, 1.165) is 10.2 Å². The average Bonchev–Trinajstić information content (AvgIpc) is 2.75. The van der Waals surface area contributed by atoms with Crippen LogP contribution < -0.4 is 11.0 Å². The molecule has 154 valence electrons. The van der Waals surface area contributed by atoms with E-state index in [4.69, 9.17) is 5.11 Å². The van der Waals surface area contributed by atoms with E-state index in [9.17, 15) is 19.6 Å². The summed E-state index contributed by atoms with van der Waals surface area (Å²) in [6, 6.07) is 14.6. The Morgan fingerprint density at radius 1 is 1.13 bits per heavy atom. The number of carbonyl (C=O) groups excluding carboxylic acids is 1. The van der Waals surface area contributed by atoms with Gasteiger partial charge in [0.1, 0.15) is 11.6 Å². The van der Waals surface area contributed by atoms with E-state index in [0.29, 0.717) is 11.3 Å². The monoisotopic (exact) mass is 415 g/mol. The average molecular weight is 415 g/mol. The topological polar surface area (TPSA) is 137 Å². The van der Waals surface area contributed by atoms with Gasteiger partial charge in [0.25, 0.3) is 11.5 Å². The number of hydrogen-bond donors (Lipinski definition) is 2. The number of nitriles is 1. The van der Waals surface area contributed by atoms with Gasteiger partial charge >= 0.3 is 5.97 Å². The highest BCUT2D eigenvalue weighted by Crippen LogP contribution is 2.11. The van der Waals surface area contributed by atoms with Gasteiger partial charge in [0, 0.05) is 5.56 Å². The smallest absolute Gasteiger partial charge is 0.335 e. The fraction of sp³-hybridized carbons (Fsp3) is 0.0909. The summed E-state index contributed by atoms with van der Waals surface area (Å²) >= 11 is 0. The molecule has 9 heteroatoms. The van der Waals surface area contributed by atoms with Crippen LogP contribution in [0, 0.1) is 25.2 Å². The Labute approximate surface area is 176 Å². The van der Waals surface area contributed by atoms with Crippen LogP contribution in [0.1, 0.15) is 43.1 Å².